The van der Waals surface area contributed by atoms with Crippen molar-refractivity contribution < 1.29 is 71.0 Å². The van der Waals surface area contributed by atoms with Gasteiger partial charge >= 0.3 is 23.5 Å². The van der Waals surface area contributed by atoms with Gasteiger partial charge in [-0.05, 0) is 0 Å². The Morgan fingerprint density at radius 3 is 2.40 bits per heavy atom. The van der Waals surface area contributed by atoms with Crippen LogP contribution in [0, 0.1) is 11.3 Å². The molecule has 2 unspecified atom stereocenters. The molecular weight excluding hydrogens is 545 g/mol. The highest BCUT2D eigenvalue weighted by atomic mass is 31.3. The van der Waals surface area contributed by atoms with E-state index in [0.29, 0.717) is 0 Å². The quantitative estimate of drug-likeness (QED) is 0.127. The fourth-order valence-corrected chi connectivity index (χ4v) is 6.28. The molecule has 0 spiro atoms. The molecule has 2 aliphatic rings. The van der Waals surface area contributed by atoms with Crippen LogP contribution >= 0.6 is 23.5 Å². The number of ether oxygens (including phenoxy) is 1. The lowest BCUT2D eigenvalue weighted by Crippen LogP contribution is -2.44. The Balaban J connectivity index is 1.84. The molecular formula is C13H15N4O15P3. The van der Waals surface area contributed by atoms with Gasteiger partial charge in [-0.2, -0.15) is 13.9 Å². The highest BCUT2D eigenvalue weighted by molar-refractivity contribution is 7.66. The number of carbonyl (C=O) groups is 2. The van der Waals surface area contributed by atoms with Crippen molar-refractivity contribution in [1.82, 2.24) is 15.3 Å². The van der Waals surface area contributed by atoms with Gasteiger partial charge in [-0.15, -0.1) is 0 Å². The smallest absolute Gasteiger partial charge is 0.387 e. The molecule has 0 radical (unpaired) electrons. The molecule has 6 atom stereocenters. The number of aliphatic hydroxyl groups excluding tert-OH is 2. The van der Waals surface area contributed by atoms with Crippen molar-refractivity contribution in [3.8, 4) is 6.07 Å². The van der Waals surface area contributed by atoms with Crippen molar-refractivity contribution in [3.05, 3.63) is 23.3 Å². The van der Waals surface area contributed by atoms with Gasteiger partial charge in [-0.25, -0.2) is 23.7 Å². The lowest BCUT2D eigenvalue weighted by molar-refractivity contribution is -0.119. The van der Waals surface area contributed by atoms with Crippen molar-refractivity contribution >= 4 is 35.3 Å². The molecule has 7 N–H and O–H groups in total. The first-order valence-electron chi connectivity index (χ1n) is 8.92. The summed E-state index contributed by atoms with van der Waals surface area (Å²) in [5.74, 6) is -1.71. The maximum atomic E-state index is 12.0. The summed E-state index contributed by atoms with van der Waals surface area (Å²) in [6.07, 6.45) is -5.64. The number of nitriles is 1. The molecule has 2 aliphatic heterocycles. The van der Waals surface area contributed by atoms with E-state index >= 15 is 0 Å². The van der Waals surface area contributed by atoms with Crippen LogP contribution in [0.1, 0.15) is 21.7 Å². The molecule has 19 nitrogen and oxygen atoms in total. The first-order valence-corrected chi connectivity index (χ1v) is 13.4. The number of phosphoric acid groups is 3. The van der Waals surface area contributed by atoms with Gasteiger partial charge < -0.3 is 34.5 Å². The Hall–Kier alpha value is -2.00. The average Bonchev–Trinajstić information content (AvgIpc) is 2.94. The fraction of sp³-hybridized carbons (Fsp3) is 0.462. The van der Waals surface area contributed by atoms with Gasteiger partial charge in [0.05, 0.1) is 18.7 Å². The van der Waals surface area contributed by atoms with Crippen molar-refractivity contribution in [2.75, 3.05) is 6.61 Å². The number of phosphoric ester groups is 1. The van der Waals surface area contributed by atoms with E-state index in [1.807, 2.05) is 5.32 Å². The molecule has 2 amide bonds. The highest BCUT2D eigenvalue weighted by Gasteiger charge is 2.59. The molecule has 35 heavy (non-hydrogen) atoms. The number of aliphatic hydroxyl groups is 2. The van der Waals surface area contributed by atoms with Crippen LogP contribution in [0.5, 0.6) is 0 Å². The normalized spacial score (nSPS) is 30.0. The third kappa shape index (κ3) is 5.88. The topological polar surface area (TPSA) is 305 Å². The van der Waals surface area contributed by atoms with Gasteiger partial charge in [-0.3, -0.25) is 19.4 Å². The van der Waals surface area contributed by atoms with Crippen LogP contribution in [0.15, 0.2) is 6.33 Å². The van der Waals surface area contributed by atoms with Crippen LogP contribution in [0.25, 0.3) is 0 Å². The van der Waals surface area contributed by atoms with Gasteiger partial charge in [0.25, 0.3) is 5.91 Å². The zero-order valence-electron chi connectivity index (χ0n) is 16.8. The molecule has 1 aromatic rings. The summed E-state index contributed by atoms with van der Waals surface area (Å²) in [5.41, 5.74) is -3.50. The minimum atomic E-state index is -5.82. The van der Waals surface area contributed by atoms with Crippen molar-refractivity contribution in [1.29, 1.82) is 5.26 Å². The number of rotatable bonds is 8. The van der Waals surface area contributed by atoms with Crippen molar-refractivity contribution in [3.63, 3.8) is 0 Å². The molecule has 1 aromatic heterocycles. The number of nitrogens with one attached hydrogen (secondary N) is 1. The Bertz CT molecular complexity index is 1240. The molecule has 1 fully saturated rings. The van der Waals surface area contributed by atoms with Crippen LogP contribution in [-0.4, -0.2) is 76.5 Å². The number of imide groups is 1. The summed E-state index contributed by atoms with van der Waals surface area (Å²) in [5, 5.41) is 32.7. The number of hydrogen-bond donors (Lipinski definition) is 7. The standard InChI is InChI=1S/C13H15N4O15P3/c14-3-13(10-5-1-7(18)17-12(21)8(5)15-4-16-10)11(20)9(19)6(30-13)2-29-34(25,26)32-35(27,28)31-33(22,23)24/h4,6,9,11,19-20H,1-2H2,(H,25,26)(H,27,28)(H,17,18,21)(H2,22,23,24)/t6-,9-,11-,13+/m1/s1. The number of amides is 2. The second kappa shape index (κ2) is 9.47. The summed E-state index contributed by atoms with van der Waals surface area (Å²) in [4.78, 5) is 67.1. The Labute approximate surface area is 193 Å². The molecule has 0 saturated carbocycles. The number of aromatic nitrogens is 2. The zero-order chi connectivity index (χ0) is 26.4. The monoisotopic (exact) mass is 560 g/mol. The second-order valence-corrected chi connectivity index (χ2v) is 11.3. The van der Waals surface area contributed by atoms with Gasteiger partial charge in [-0.1, -0.05) is 0 Å². The summed E-state index contributed by atoms with van der Waals surface area (Å²) >= 11 is 0. The van der Waals surface area contributed by atoms with E-state index < -0.39 is 77.9 Å². The fourth-order valence-electron chi connectivity index (χ4n) is 3.25. The lowest BCUT2D eigenvalue weighted by Gasteiger charge is -2.27. The van der Waals surface area contributed by atoms with Crippen LogP contribution in [0.2, 0.25) is 0 Å². The van der Waals surface area contributed by atoms with Gasteiger partial charge in [0.2, 0.25) is 11.5 Å². The molecule has 3 heterocycles. The van der Waals surface area contributed by atoms with Crippen LogP contribution in [0.4, 0.5) is 0 Å². The van der Waals surface area contributed by atoms with Gasteiger partial charge in [0, 0.05) is 5.56 Å². The minimum Gasteiger partial charge on any atom is -0.387 e. The molecule has 192 valence electrons. The van der Waals surface area contributed by atoms with Crippen LogP contribution in [-0.2, 0) is 48.4 Å². The van der Waals surface area contributed by atoms with E-state index in [0.717, 1.165) is 6.33 Å². The number of hydrogen-bond acceptors (Lipinski definition) is 14. The molecule has 0 aromatic carbocycles. The van der Waals surface area contributed by atoms with E-state index in [4.69, 9.17) is 19.4 Å². The highest BCUT2D eigenvalue weighted by Crippen LogP contribution is 2.66. The van der Waals surface area contributed by atoms with E-state index in [1.54, 1.807) is 6.07 Å². The zero-order valence-corrected chi connectivity index (χ0v) is 19.4. The molecule has 3 rings (SSSR count). The van der Waals surface area contributed by atoms with Gasteiger partial charge in [0.15, 0.2) is 0 Å². The Morgan fingerprint density at radius 2 is 1.80 bits per heavy atom. The number of carbonyl (C=O) groups excluding carboxylic acids is 2. The Kier molecular flexibility index (Phi) is 7.46. The first-order chi connectivity index (χ1) is 16.0. The largest absolute Gasteiger partial charge is 0.490 e. The summed E-state index contributed by atoms with van der Waals surface area (Å²) in [6, 6.07) is 1.57. The van der Waals surface area contributed by atoms with E-state index in [-0.39, 0.29) is 11.3 Å². The lowest BCUT2D eigenvalue weighted by atomic mass is 9.87. The van der Waals surface area contributed by atoms with Crippen LogP contribution in [0.3, 0.4) is 0 Å². The molecule has 1 saturated heterocycles. The van der Waals surface area contributed by atoms with E-state index in [1.165, 1.54) is 0 Å². The maximum absolute atomic E-state index is 12.0. The van der Waals surface area contributed by atoms with Crippen LogP contribution < -0.4 is 5.32 Å². The first kappa shape index (κ1) is 27.6. The second-order valence-electron chi connectivity index (χ2n) is 6.93. The predicted molar refractivity (Wildman–Crippen MR) is 102 cm³/mol. The summed E-state index contributed by atoms with van der Waals surface area (Å²) in [7, 11) is -17.1. The van der Waals surface area contributed by atoms with E-state index in [9.17, 15) is 43.7 Å². The SMILES string of the molecule is N#C[C@@]1(c2ncnc3c2CC(=O)NC3=O)O[C@H](COP(=O)(O)OP(=O)(O)OP(=O)(O)O)[C@@H](O)[C@H]1O. The average molecular weight is 560 g/mol. The predicted octanol–water partition coefficient (Wildman–Crippen LogP) is -2.53. The Morgan fingerprint density at radius 1 is 1.14 bits per heavy atom. The maximum Gasteiger partial charge on any atom is 0.490 e. The van der Waals surface area contributed by atoms with Crippen molar-refractivity contribution in [2.45, 2.75) is 30.3 Å². The van der Waals surface area contributed by atoms with E-state index in [2.05, 4.69) is 23.1 Å². The van der Waals surface area contributed by atoms with Crippen molar-refractivity contribution in [2.24, 2.45) is 0 Å². The molecule has 22 heteroatoms. The summed E-state index contributed by atoms with van der Waals surface area (Å²) in [6.45, 7) is -1.20. The third-order valence-electron chi connectivity index (χ3n) is 4.54. The summed E-state index contributed by atoms with van der Waals surface area (Å²) < 4.78 is 50.8. The third-order valence-corrected chi connectivity index (χ3v) is 8.35. The minimum absolute atomic E-state index is 0.192. The number of fused-ring (bicyclic) bond motifs is 1. The molecule has 0 bridgehead atoms. The molecule has 0 aliphatic carbocycles. The number of nitrogens with zero attached hydrogens (tertiary/aromatic N) is 3. The van der Waals surface area contributed by atoms with Gasteiger partial charge in [0.1, 0.15) is 36.4 Å².